The Hall–Kier alpha value is -3.06. The minimum atomic E-state index is -0.442. The first-order valence-corrected chi connectivity index (χ1v) is 7.33. The molecule has 0 atom stereocenters. The minimum absolute atomic E-state index is 0.0223. The summed E-state index contributed by atoms with van der Waals surface area (Å²) in [5.74, 6) is 0.169. The molecule has 2 aromatic rings. The number of carbonyl (C=O) groups is 1. The molecule has 0 bridgehead atoms. The van der Waals surface area contributed by atoms with Crippen LogP contribution in [-0.4, -0.2) is 13.0 Å². The van der Waals surface area contributed by atoms with E-state index in [1.807, 2.05) is 42.5 Å². The number of hydrogen-bond acceptors (Lipinski definition) is 3. The van der Waals surface area contributed by atoms with Crippen molar-refractivity contribution in [1.29, 1.82) is 5.26 Å². The van der Waals surface area contributed by atoms with Crippen LogP contribution in [0.2, 0.25) is 0 Å². The topological polar surface area (TPSA) is 62.1 Å². The molecule has 0 radical (unpaired) electrons. The van der Waals surface area contributed by atoms with Crippen molar-refractivity contribution >= 4 is 17.7 Å². The zero-order chi connectivity index (χ0) is 16.7. The summed E-state index contributed by atoms with van der Waals surface area (Å²) in [7, 11) is 1.55. The van der Waals surface area contributed by atoms with E-state index in [0.29, 0.717) is 17.0 Å². The zero-order valence-electron chi connectivity index (χ0n) is 13.2. The average Bonchev–Trinajstić information content (AvgIpc) is 2.60. The molecule has 2 aromatic carbocycles. The molecule has 0 aliphatic heterocycles. The summed E-state index contributed by atoms with van der Waals surface area (Å²) in [6.45, 7) is 2.07. The van der Waals surface area contributed by atoms with Gasteiger partial charge in [0.1, 0.15) is 17.4 Å². The molecule has 2 rings (SSSR count). The number of amides is 1. The van der Waals surface area contributed by atoms with E-state index < -0.39 is 5.91 Å². The van der Waals surface area contributed by atoms with E-state index in [4.69, 9.17) is 4.74 Å². The van der Waals surface area contributed by atoms with Crippen molar-refractivity contribution in [3.05, 3.63) is 65.2 Å². The number of hydrogen-bond donors (Lipinski definition) is 1. The van der Waals surface area contributed by atoms with Crippen molar-refractivity contribution in [1.82, 2.24) is 0 Å². The molecule has 1 amide bonds. The molecule has 23 heavy (non-hydrogen) atoms. The summed E-state index contributed by atoms with van der Waals surface area (Å²) in [6.07, 6.45) is 2.46. The Morgan fingerprint density at radius 3 is 2.52 bits per heavy atom. The predicted molar refractivity (Wildman–Crippen MR) is 91.0 cm³/mol. The van der Waals surface area contributed by atoms with Gasteiger partial charge in [-0.25, -0.2) is 0 Å². The van der Waals surface area contributed by atoms with Gasteiger partial charge >= 0.3 is 0 Å². The molecule has 116 valence electrons. The van der Waals surface area contributed by atoms with Gasteiger partial charge in [-0.2, -0.15) is 5.26 Å². The van der Waals surface area contributed by atoms with Gasteiger partial charge in [0.2, 0.25) is 0 Å². The number of anilines is 1. The lowest BCUT2D eigenvalue weighted by Gasteiger charge is -2.07. The normalized spacial score (nSPS) is 10.7. The lowest BCUT2D eigenvalue weighted by Crippen LogP contribution is -2.13. The van der Waals surface area contributed by atoms with Crippen molar-refractivity contribution in [3.8, 4) is 11.8 Å². The van der Waals surface area contributed by atoms with E-state index in [9.17, 15) is 10.1 Å². The van der Waals surface area contributed by atoms with Crippen LogP contribution < -0.4 is 10.1 Å². The second kappa shape index (κ2) is 7.81. The van der Waals surface area contributed by atoms with Crippen molar-refractivity contribution < 1.29 is 9.53 Å². The van der Waals surface area contributed by atoms with Crippen LogP contribution in [0.3, 0.4) is 0 Å². The highest BCUT2D eigenvalue weighted by molar-refractivity contribution is 6.09. The fourth-order valence-corrected chi connectivity index (χ4v) is 2.11. The number of methoxy groups -OCH3 is 1. The fourth-order valence-electron chi connectivity index (χ4n) is 2.11. The van der Waals surface area contributed by atoms with Gasteiger partial charge in [-0.1, -0.05) is 37.3 Å². The van der Waals surface area contributed by atoms with Crippen LogP contribution in [0.15, 0.2) is 54.1 Å². The third kappa shape index (κ3) is 4.21. The minimum Gasteiger partial charge on any atom is -0.496 e. The van der Waals surface area contributed by atoms with E-state index in [-0.39, 0.29) is 5.57 Å². The molecule has 0 saturated heterocycles. The Kier molecular flexibility index (Phi) is 5.54. The monoisotopic (exact) mass is 306 g/mol. The predicted octanol–water partition coefficient (Wildman–Crippen LogP) is 3.80. The van der Waals surface area contributed by atoms with Crippen molar-refractivity contribution in [2.45, 2.75) is 13.3 Å². The van der Waals surface area contributed by atoms with E-state index in [2.05, 4.69) is 12.2 Å². The highest BCUT2D eigenvalue weighted by atomic mass is 16.5. The summed E-state index contributed by atoms with van der Waals surface area (Å²) in [5.41, 5.74) is 2.55. The number of benzene rings is 2. The summed E-state index contributed by atoms with van der Waals surface area (Å²) >= 11 is 0. The lowest BCUT2D eigenvalue weighted by atomic mass is 10.1. The summed E-state index contributed by atoms with van der Waals surface area (Å²) in [6, 6.07) is 16.7. The standard InChI is InChI=1S/C19H18N2O2/c1-3-14-8-10-17(11-9-14)21-19(22)16(13-20)12-15-6-4-5-7-18(15)23-2/h4-12H,3H2,1-2H3,(H,21,22)/b16-12-. The van der Waals surface area contributed by atoms with Gasteiger partial charge in [-0.3, -0.25) is 4.79 Å². The van der Waals surface area contributed by atoms with Crippen LogP contribution in [-0.2, 0) is 11.2 Å². The quantitative estimate of drug-likeness (QED) is 0.675. The summed E-state index contributed by atoms with van der Waals surface area (Å²) in [4.78, 5) is 12.3. The number of para-hydroxylation sites is 1. The van der Waals surface area contributed by atoms with E-state index in [0.717, 1.165) is 6.42 Å². The Morgan fingerprint density at radius 1 is 1.22 bits per heavy atom. The van der Waals surface area contributed by atoms with Crippen molar-refractivity contribution in [2.24, 2.45) is 0 Å². The smallest absolute Gasteiger partial charge is 0.266 e. The largest absolute Gasteiger partial charge is 0.496 e. The molecule has 0 aliphatic rings. The maximum Gasteiger partial charge on any atom is 0.266 e. The van der Waals surface area contributed by atoms with Crippen molar-refractivity contribution in [2.75, 3.05) is 12.4 Å². The van der Waals surface area contributed by atoms with Gasteiger partial charge in [0.05, 0.1) is 7.11 Å². The first-order chi connectivity index (χ1) is 11.2. The Morgan fingerprint density at radius 2 is 1.91 bits per heavy atom. The molecule has 0 aliphatic carbocycles. The summed E-state index contributed by atoms with van der Waals surface area (Å²) in [5, 5.41) is 12.0. The third-order valence-corrected chi connectivity index (χ3v) is 3.42. The molecule has 0 heterocycles. The number of nitrogens with one attached hydrogen (secondary N) is 1. The van der Waals surface area contributed by atoms with Gasteiger partial charge in [0, 0.05) is 11.3 Å². The number of ether oxygens (including phenoxy) is 1. The molecule has 4 heteroatoms. The van der Waals surface area contributed by atoms with Crippen LogP contribution in [0, 0.1) is 11.3 Å². The fraction of sp³-hybridized carbons (Fsp3) is 0.158. The molecule has 0 aromatic heterocycles. The summed E-state index contributed by atoms with van der Waals surface area (Å²) < 4.78 is 5.23. The number of aryl methyl sites for hydroxylation is 1. The van der Waals surface area contributed by atoms with Gasteiger partial charge < -0.3 is 10.1 Å². The molecule has 0 saturated carbocycles. The van der Waals surface area contributed by atoms with Crippen LogP contribution in [0.1, 0.15) is 18.1 Å². The van der Waals surface area contributed by atoms with Crippen LogP contribution in [0.25, 0.3) is 6.08 Å². The van der Waals surface area contributed by atoms with Crippen LogP contribution in [0.5, 0.6) is 5.75 Å². The molecule has 0 spiro atoms. The third-order valence-electron chi connectivity index (χ3n) is 3.42. The van der Waals surface area contributed by atoms with E-state index in [1.54, 1.807) is 19.2 Å². The lowest BCUT2D eigenvalue weighted by molar-refractivity contribution is -0.112. The molecular weight excluding hydrogens is 288 g/mol. The first kappa shape index (κ1) is 16.3. The second-order valence-corrected chi connectivity index (χ2v) is 4.92. The maximum absolute atomic E-state index is 12.3. The second-order valence-electron chi connectivity index (χ2n) is 4.92. The zero-order valence-corrected chi connectivity index (χ0v) is 13.2. The molecule has 1 N–H and O–H groups in total. The Balaban J connectivity index is 2.21. The SMILES string of the molecule is CCc1ccc(NC(=O)/C(C#N)=C\c2ccccc2OC)cc1. The van der Waals surface area contributed by atoms with Gasteiger partial charge in [0.15, 0.2) is 0 Å². The number of nitrogens with zero attached hydrogens (tertiary/aromatic N) is 1. The Labute approximate surface area is 136 Å². The van der Waals surface area contributed by atoms with Crippen molar-refractivity contribution in [3.63, 3.8) is 0 Å². The van der Waals surface area contributed by atoms with Crippen LogP contribution >= 0.6 is 0 Å². The number of nitriles is 1. The van der Waals surface area contributed by atoms with E-state index >= 15 is 0 Å². The number of rotatable bonds is 5. The van der Waals surface area contributed by atoms with Crippen LogP contribution in [0.4, 0.5) is 5.69 Å². The highest BCUT2D eigenvalue weighted by Crippen LogP contribution is 2.21. The van der Waals surface area contributed by atoms with E-state index in [1.165, 1.54) is 11.6 Å². The maximum atomic E-state index is 12.3. The van der Waals surface area contributed by atoms with Gasteiger partial charge in [0.25, 0.3) is 5.91 Å². The Bertz CT molecular complexity index is 756. The molecule has 0 fully saturated rings. The van der Waals surface area contributed by atoms with Gasteiger partial charge in [-0.05, 0) is 36.3 Å². The molecule has 0 unspecified atom stereocenters. The average molecular weight is 306 g/mol. The number of carbonyl (C=O) groups excluding carboxylic acids is 1. The highest BCUT2D eigenvalue weighted by Gasteiger charge is 2.11. The van der Waals surface area contributed by atoms with Gasteiger partial charge in [-0.15, -0.1) is 0 Å². The molecular formula is C19H18N2O2. The molecule has 4 nitrogen and oxygen atoms in total. The first-order valence-electron chi connectivity index (χ1n) is 7.33.